The third kappa shape index (κ3) is 3.30. The van der Waals surface area contributed by atoms with Crippen LogP contribution in [0.25, 0.3) is 0 Å². The summed E-state index contributed by atoms with van der Waals surface area (Å²) in [5, 5.41) is 2.86. The Hall–Kier alpha value is -2.01. The third-order valence-electron chi connectivity index (χ3n) is 2.86. The first-order valence-corrected chi connectivity index (χ1v) is 6.81. The summed E-state index contributed by atoms with van der Waals surface area (Å²) in [5.74, 6) is 0.337. The summed E-state index contributed by atoms with van der Waals surface area (Å²) in [6.07, 6.45) is 0. The molecule has 0 aromatic heterocycles. The molecule has 1 amide bonds. The molecule has 4 nitrogen and oxygen atoms in total. The summed E-state index contributed by atoms with van der Waals surface area (Å²) in [6.45, 7) is 1.93. The van der Waals surface area contributed by atoms with Crippen molar-refractivity contribution in [1.82, 2.24) is 0 Å². The summed E-state index contributed by atoms with van der Waals surface area (Å²) in [7, 11) is 1.54. The molecule has 0 spiro atoms. The van der Waals surface area contributed by atoms with Gasteiger partial charge in [0, 0.05) is 27.5 Å². The normalized spacial score (nSPS) is 10.2. The summed E-state index contributed by atoms with van der Waals surface area (Å²) in [4.78, 5) is 12.2. The van der Waals surface area contributed by atoms with Crippen LogP contribution in [0, 0.1) is 6.92 Å². The van der Waals surface area contributed by atoms with Crippen molar-refractivity contribution in [1.29, 1.82) is 0 Å². The van der Waals surface area contributed by atoms with E-state index in [0.717, 1.165) is 15.7 Å². The van der Waals surface area contributed by atoms with Crippen LogP contribution in [0.5, 0.6) is 5.75 Å². The van der Waals surface area contributed by atoms with E-state index in [1.165, 1.54) is 7.11 Å². The van der Waals surface area contributed by atoms with Crippen molar-refractivity contribution in [2.24, 2.45) is 0 Å². The predicted octanol–water partition coefficient (Wildman–Crippen LogP) is 3.60. The maximum Gasteiger partial charge on any atom is 0.255 e. The van der Waals surface area contributed by atoms with Gasteiger partial charge >= 0.3 is 0 Å². The molecule has 2 rings (SSSR count). The number of benzene rings is 2. The zero-order valence-electron chi connectivity index (χ0n) is 11.2. The molecule has 0 bridgehead atoms. The second-order valence-corrected chi connectivity index (χ2v) is 5.32. The molecule has 0 unspecified atom stereocenters. The lowest BCUT2D eigenvalue weighted by molar-refractivity contribution is 0.102. The summed E-state index contributed by atoms with van der Waals surface area (Å²) in [6, 6.07) is 10.6. The van der Waals surface area contributed by atoms with Crippen LogP contribution in [-0.4, -0.2) is 13.0 Å². The van der Waals surface area contributed by atoms with Gasteiger partial charge in [-0.25, -0.2) is 0 Å². The molecule has 0 fully saturated rings. The maximum absolute atomic E-state index is 12.2. The average molecular weight is 335 g/mol. The second-order valence-electron chi connectivity index (χ2n) is 4.41. The monoisotopic (exact) mass is 334 g/mol. The first-order chi connectivity index (χ1) is 9.49. The van der Waals surface area contributed by atoms with Crippen LogP contribution in [0.2, 0.25) is 0 Å². The number of nitrogens with one attached hydrogen (secondary N) is 1. The zero-order chi connectivity index (χ0) is 14.7. The molecule has 0 saturated heterocycles. The Labute approximate surface area is 126 Å². The lowest BCUT2D eigenvalue weighted by Gasteiger charge is -2.10. The number of nitrogen functional groups attached to an aromatic ring is 1. The van der Waals surface area contributed by atoms with Crippen molar-refractivity contribution in [2.45, 2.75) is 6.92 Å². The van der Waals surface area contributed by atoms with E-state index in [1.54, 1.807) is 18.2 Å². The highest BCUT2D eigenvalue weighted by Gasteiger charge is 2.10. The topological polar surface area (TPSA) is 64.3 Å². The molecule has 0 aliphatic heterocycles. The van der Waals surface area contributed by atoms with Gasteiger partial charge in [0.1, 0.15) is 5.75 Å². The van der Waals surface area contributed by atoms with Crippen LogP contribution in [-0.2, 0) is 0 Å². The Morgan fingerprint density at radius 2 is 2.00 bits per heavy atom. The lowest BCUT2D eigenvalue weighted by atomic mass is 10.1. The minimum Gasteiger partial charge on any atom is -0.497 e. The van der Waals surface area contributed by atoms with Crippen molar-refractivity contribution >= 4 is 33.2 Å². The van der Waals surface area contributed by atoms with E-state index < -0.39 is 0 Å². The summed E-state index contributed by atoms with van der Waals surface area (Å²) < 4.78 is 6.08. The van der Waals surface area contributed by atoms with E-state index in [0.29, 0.717) is 17.0 Å². The number of amides is 1. The highest BCUT2D eigenvalue weighted by molar-refractivity contribution is 9.10. The minimum absolute atomic E-state index is 0.221. The zero-order valence-corrected chi connectivity index (χ0v) is 12.8. The number of carbonyl (C=O) groups is 1. The van der Waals surface area contributed by atoms with Gasteiger partial charge in [-0.3, -0.25) is 4.79 Å². The number of anilines is 2. The minimum atomic E-state index is -0.221. The van der Waals surface area contributed by atoms with E-state index in [2.05, 4.69) is 21.2 Å². The summed E-state index contributed by atoms with van der Waals surface area (Å²) in [5.41, 5.74) is 8.44. The van der Waals surface area contributed by atoms with E-state index in [1.807, 2.05) is 25.1 Å². The Kier molecular flexibility index (Phi) is 4.29. The molecular formula is C15H15BrN2O2. The highest BCUT2D eigenvalue weighted by atomic mass is 79.9. The van der Waals surface area contributed by atoms with Gasteiger partial charge in [0.25, 0.3) is 5.91 Å². The lowest BCUT2D eigenvalue weighted by Crippen LogP contribution is -2.13. The first kappa shape index (κ1) is 14.4. The van der Waals surface area contributed by atoms with Crippen LogP contribution in [0.1, 0.15) is 15.9 Å². The van der Waals surface area contributed by atoms with Crippen LogP contribution in [0.4, 0.5) is 11.4 Å². The predicted molar refractivity (Wildman–Crippen MR) is 84.2 cm³/mol. The van der Waals surface area contributed by atoms with Crippen molar-refractivity contribution in [2.75, 3.05) is 18.2 Å². The number of hydrogen-bond donors (Lipinski definition) is 2. The second kappa shape index (κ2) is 5.96. The Morgan fingerprint density at radius 3 is 2.65 bits per heavy atom. The van der Waals surface area contributed by atoms with Gasteiger partial charge in [0.15, 0.2) is 0 Å². The number of nitrogens with two attached hydrogens (primary N) is 1. The Bertz CT molecular complexity index is 656. The van der Waals surface area contributed by atoms with E-state index in [-0.39, 0.29) is 5.91 Å². The quantitative estimate of drug-likeness (QED) is 0.843. The number of rotatable bonds is 3. The largest absolute Gasteiger partial charge is 0.497 e. The van der Waals surface area contributed by atoms with E-state index >= 15 is 0 Å². The standard InChI is InChI=1S/C15H15BrN2O2/c1-9-5-11(16)3-4-14(9)18-15(19)10-6-12(17)8-13(7-10)20-2/h3-8H,17H2,1-2H3,(H,18,19). The summed E-state index contributed by atoms with van der Waals surface area (Å²) >= 11 is 3.39. The number of hydrogen-bond acceptors (Lipinski definition) is 3. The fraction of sp³-hybridized carbons (Fsp3) is 0.133. The average Bonchev–Trinajstić information content (AvgIpc) is 2.41. The maximum atomic E-state index is 12.2. The van der Waals surface area contributed by atoms with Crippen molar-refractivity contribution < 1.29 is 9.53 Å². The van der Waals surface area contributed by atoms with Gasteiger partial charge in [-0.05, 0) is 42.8 Å². The van der Waals surface area contributed by atoms with Crippen molar-refractivity contribution in [3.8, 4) is 5.75 Å². The van der Waals surface area contributed by atoms with Gasteiger partial charge in [-0.2, -0.15) is 0 Å². The number of carbonyl (C=O) groups excluding carboxylic acids is 1. The van der Waals surface area contributed by atoms with E-state index in [4.69, 9.17) is 10.5 Å². The molecule has 2 aromatic rings. The molecule has 20 heavy (non-hydrogen) atoms. The molecule has 0 aliphatic rings. The van der Waals surface area contributed by atoms with Crippen molar-refractivity contribution in [3.63, 3.8) is 0 Å². The molecule has 5 heteroatoms. The smallest absolute Gasteiger partial charge is 0.255 e. The third-order valence-corrected chi connectivity index (χ3v) is 3.36. The van der Waals surface area contributed by atoms with Crippen molar-refractivity contribution in [3.05, 3.63) is 52.0 Å². The number of methoxy groups -OCH3 is 1. The fourth-order valence-corrected chi connectivity index (χ4v) is 2.31. The molecule has 0 saturated carbocycles. The Balaban J connectivity index is 2.26. The van der Waals surface area contributed by atoms with Crippen LogP contribution < -0.4 is 15.8 Å². The number of ether oxygens (including phenoxy) is 1. The van der Waals surface area contributed by atoms with Gasteiger partial charge < -0.3 is 15.8 Å². The molecule has 0 atom stereocenters. The molecular weight excluding hydrogens is 320 g/mol. The molecule has 0 heterocycles. The Morgan fingerprint density at radius 1 is 1.25 bits per heavy atom. The molecule has 2 aromatic carbocycles. The van der Waals surface area contributed by atoms with Crippen LogP contribution >= 0.6 is 15.9 Å². The van der Waals surface area contributed by atoms with Crippen LogP contribution in [0.15, 0.2) is 40.9 Å². The highest BCUT2D eigenvalue weighted by Crippen LogP contribution is 2.22. The molecule has 104 valence electrons. The molecule has 3 N–H and O–H groups in total. The number of halogens is 1. The fourth-order valence-electron chi connectivity index (χ4n) is 1.83. The van der Waals surface area contributed by atoms with Gasteiger partial charge in [-0.1, -0.05) is 15.9 Å². The molecule has 0 radical (unpaired) electrons. The first-order valence-electron chi connectivity index (χ1n) is 6.01. The van der Waals surface area contributed by atoms with Gasteiger partial charge in [-0.15, -0.1) is 0 Å². The molecule has 0 aliphatic carbocycles. The van der Waals surface area contributed by atoms with Gasteiger partial charge in [0.05, 0.1) is 7.11 Å². The van der Waals surface area contributed by atoms with E-state index in [9.17, 15) is 4.79 Å². The van der Waals surface area contributed by atoms with Gasteiger partial charge in [0.2, 0.25) is 0 Å². The SMILES string of the molecule is COc1cc(N)cc(C(=O)Nc2ccc(Br)cc2C)c1. The van der Waals surface area contributed by atoms with Crippen LogP contribution in [0.3, 0.4) is 0 Å². The number of aryl methyl sites for hydroxylation is 1.